The van der Waals surface area contributed by atoms with Gasteiger partial charge in [0.1, 0.15) is 11.4 Å². The number of aliphatic hydroxyl groups is 1. The number of aliphatic hydroxyl groups excluding tert-OH is 1. The Morgan fingerprint density at radius 3 is 2.71 bits per heavy atom. The Kier molecular flexibility index (Phi) is 5.94. The number of hydrogen-bond donors (Lipinski definition) is 1. The molecule has 2 unspecified atom stereocenters. The van der Waals surface area contributed by atoms with Crippen molar-refractivity contribution in [3.63, 3.8) is 0 Å². The van der Waals surface area contributed by atoms with Crippen LogP contribution in [0.15, 0.2) is 42.5 Å². The van der Waals surface area contributed by atoms with E-state index in [0.717, 1.165) is 5.56 Å². The molecule has 0 amide bonds. The zero-order chi connectivity index (χ0) is 12.7. The number of rotatable bonds is 5. The van der Waals surface area contributed by atoms with Crippen LogP contribution in [0.4, 0.5) is 0 Å². The monoisotopic (exact) mass is 298 g/mol. The quantitative estimate of drug-likeness (QED) is 0.516. The zero-order valence-corrected chi connectivity index (χ0v) is 11.1. The first-order valence-electron chi connectivity index (χ1n) is 5.30. The van der Waals surface area contributed by atoms with Gasteiger partial charge in [-0.25, -0.2) is 0 Å². The molecule has 1 rings (SSSR count). The van der Waals surface area contributed by atoms with E-state index in [2.05, 4.69) is 15.9 Å². The molecule has 92 valence electrons. The maximum absolute atomic E-state index is 11.6. The summed E-state index contributed by atoms with van der Waals surface area (Å²) in [5, 5.41) is 9.55. The second-order valence-electron chi connectivity index (χ2n) is 3.51. The van der Waals surface area contributed by atoms with Crippen LogP contribution in [-0.4, -0.2) is 22.0 Å². The van der Waals surface area contributed by atoms with E-state index in [1.54, 1.807) is 13.0 Å². The first kappa shape index (κ1) is 13.9. The molecule has 0 radical (unpaired) electrons. The number of carbonyl (C=O) groups is 1. The van der Waals surface area contributed by atoms with Gasteiger partial charge < -0.3 is 9.84 Å². The average Bonchev–Trinajstić information content (AvgIpc) is 2.36. The number of hydrogen-bond acceptors (Lipinski definition) is 3. The van der Waals surface area contributed by atoms with Crippen molar-refractivity contribution in [1.29, 1.82) is 0 Å². The largest absolute Gasteiger partial charge is 0.460 e. The van der Waals surface area contributed by atoms with Crippen LogP contribution in [0, 0.1) is 0 Å². The lowest BCUT2D eigenvalue weighted by atomic mass is 10.2. The highest BCUT2D eigenvalue weighted by Crippen LogP contribution is 2.11. The van der Waals surface area contributed by atoms with Crippen LogP contribution in [0.5, 0.6) is 0 Å². The SMILES string of the molecule is C/C=C/C(O)C(Br)C(=O)OCc1ccccc1. The molecule has 0 bridgehead atoms. The molecule has 0 fully saturated rings. The molecule has 4 heteroatoms. The van der Waals surface area contributed by atoms with Crippen LogP contribution in [0.25, 0.3) is 0 Å². The van der Waals surface area contributed by atoms with Crippen molar-refractivity contribution >= 4 is 21.9 Å². The Morgan fingerprint density at radius 1 is 1.47 bits per heavy atom. The van der Waals surface area contributed by atoms with E-state index in [0.29, 0.717) is 0 Å². The fraction of sp³-hybridized carbons (Fsp3) is 0.308. The molecule has 3 nitrogen and oxygen atoms in total. The van der Waals surface area contributed by atoms with Crippen molar-refractivity contribution in [2.24, 2.45) is 0 Å². The van der Waals surface area contributed by atoms with Crippen molar-refractivity contribution in [1.82, 2.24) is 0 Å². The molecule has 0 saturated carbocycles. The Labute approximate surface area is 109 Å². The van der Waals surface area contributed by atoms with Crippen LogP contribution < -0.4 is 0 Å². The highest BCUT2D eigenvalue weighted by Gasteiger charge is 2.23. The third-order valence-electron chi connectivity index (χ3n) is 2.14. The van der Waals surface area contributed by atoms with Crippen molar-refractivity contribution in [3.05, 3.63) is 48.0 Å². The Hall–Kier alpha value is -1.13. The van der Waals surface area contributed by atoms with Crippen molar-refractivity contribution < 1.29 is 14.6 Å². The number of alkyl halides is 1. The van der Waals surface area contributed by atoms with Crippen LogP contribution in [0.2, 0.25) is 0 Å². The minimum absolute atomic E-state index is 0.213. The zero-order valence-electron chi connectivity index (χ0n) is 9.54. The van der Waals surface area contributed by atoms with Crippen LogP contribution in [0.1, 0.15) is 12.5 Å². The lowest BCUT2D eigenvalue weighted by Gasteiger charge is -2.13. The standard InChI is InChI=1S/C13H15BrO3/c1-2-6-11(15)12(14)13(16)17-9-10-7-4-3-5-8-10/h2-8,11-12,15H,9H2,1H3/b6-2+. The van der Waals surface area contributed by atoms with E-state index < -0.39 is 16.9 Å². The summed E-state index contributed by atoms with van der Waals surface area (Å²) in [6.45, 7) is 1.99. The number of allylic oxidation sites excluding steroid dienone is 1. The van der Waals surface area contributed by atoms with E-state index >= 15 is 0 Å². The fourth-order valence-corrected chi connectivity index (χ4v) is 1.55. The predicted molar refractivity (Wildman–Crippen MR) is 69.8 cm³/mol. The van der Waals surface area contributed by atoms with Gasteiger partial charge in [0, 0.05) is 0 Å². The van der Waals surface area contributed by atoms with Gasteiger partial charge in [0.05, 0.1) is 6.10 Å². The molecule has 1 aromatic rings. The summed E-state index contributed by atoms with van der Waals surface area (Å²) in [5.74, 6) is -0.473. The summed E-state index contributed by atoms with van der Waals surface area (Å²) in [7, 11) is 0. The Balaban J connectivity index is 2.44. The summed E-state index contributed by atoms with van der Waals surface area (Å²) in [4.78, 5) is 10.8. The minimum Gasteiger partial charge on any atom is -0.460 e. The molecule has 0 saturated heterocycles. The smallest absolute Gasteiger partial charge is 0.323 e. The van der Waals surface area contributed by atoms with E-state index in [4.69, 9.17) is 4.74 Å². The van der Waals surface area contributed by atoms with E-state index in [1.165, 1.54) is 6.08 Å². The Morgan fingerprint density at radius 2 is 2.12 bits per heavy atom. The summed E-state index contributed by atoms with van der Waals surface area (Å²) in [6.07, 6.45) is 2.34. The third-order valence-corrected chi connectivity index (χ3v) is 3.05. The molecule has 0 spiro atoms. The molecular weight excluding hydrogens is 284 g/mol. The molecule has 1 N–H and O–H groups in total. The number of ether oxygens (including phenoxy) is 1. The van der Waals surface area contributed by atoms with Crippen LogP contribution >= 0.6 is 15.9 Å². The topological polar surface area (TPSA) is 46.5 Å². The third kappa shape index (κ3) is 4.71. The molecule has 2 atom stereocenters. The normalized spacial score (nSPS) is 14.5. The molecule has 0 aliphatic rings. The van der Waals surface area contributed by atoms with Gasteiger partial charge in [-0.2, -0.15) is 0 Å². The highest BCUT2D eigenvalue weighted by molar-refractivity contribution is 9.10. The molecule has 0 aromatic heterocycles. The first-order valence-corrected chi connectivity index (χ1v) is 6.22. The van der Waals surface area contributed by atoms with Gasteiger partial charge in [-0.05, 0) is 12.5 Å². The first-order chi connectivity index (χ1) is 8.15. The summed E-state index contributed by atoms with van der Waals surface area (Å²) in [6, 6.07) is 9.40. The number of esters is 1. The number of carbonyl (C=O) groups excluding carboxylic acids is 1. The Bertz CT molecular complexity index is 376. The van der Waals surface area contributed by atoms with Crippen molar-refractivity contribution in [3.8, 4) is 0 Å². The molecule has 0 aliphatic carbocycles. The van der Waals surface area contributed by atoms with E-state index in [1.807, 2.05) is 30.3 Å². The van der Waals surface area contributed by atoms with Gasteiger partial charge in [-0.15, -0.1) is 0 Å². The van der Waals surface area contributed by atoms with Gasteiger partial charge in [-0.3, -0.25) is 4.79 Å². The minimum atomic E-state index is -0.872. The van der Waals surface area contributed by atoms with E-state index in [9.17, 15) is 9.90 Å². The van der Waals surface area contributed by atoms with Crippen LogP contribution in [-0.2, 0) is 16.1 Å². The van der Waals surface area contributed by atoms with Crippen molar-refractivity contribution in [2.75, 3.05) is 0 Å². The molecular formula is C13H15BrO3. The second-order valence-corrected chi connectivity index (χ2v) is 4.50. The van der Waals surface area contributed by atoms with Gasteiger partial charge in [0.15, 0.2) is 0 Å². The van der Waals surface area contributed by atoms with Gasteiger partial charge in [0.2, 0.25) is 0 Å². The highest BCUT2D eigenvalue weighted by atomic mass is 79.9. The average molecular weight is 299 g/mol. The molecule has 1 aromatic carbocycles. The number of halogens is 1. The summed E-state index contributed by atoms with van der Waals surface area (Å²) >= 11 is 3.11. The second kappa shape index (κ2) is 7.25. The van der Waals surface area contributed by atoms with Gasteiger partial charge in [0.25, 0.3) is 0 Å². The summed E-state index contributed by atoms with van der Waals surface area (Å²) in [5.41, 5.74) is 0.918. The van der Waals surface area contributed by atoms with E-state index in [-0.39, 0.29) is 6.61 Å². The van der Waals surface area contributed by atoms with Crippen LogP contribution in [0.3, 0.4) is 0 Å². The maximum atomic E-state index is 11.6. The van der Waals surface area contributed by atoms with Gasteiger partial charge in [-0.1, -0.05) is 58.4 Å². The summed E-state index contributed by atoms with van der Waals surface area (Å²) < 4.78 is 5.08. The molecule has 0 aliphatic heterocycles. The number of benzene rings is 1. The molecule has 0 heterocycles. The molecule has 17 heavy (non-hydrogen) atoms. The van der Waals surface area contributed by atoms with Gasteiger partial charge >= 0.3 is 5.97 Å². The predicted octanol–water partition coefficient (Wildman–Crippen LogP) is 2.43. The maximum Gasteiger partial charge on any atom is 0.323 e. The van der Waals surface area contributed by atoms with Crippen molar-refractivity contribution in [2.45, 2.75) is 24.5 Å². The fourth-order valence-electron chi connectivity index (χ4n) is 1.24. The lowest BCUT2D eigenvalue weighted by Crippen LogP contribution is -2.28. The lowest BCUT2D eigenvalue weighted by molar-refractivity contribution is -0.145.